The van der Waals surface area contributed by atoms with Gasteiger partial charge in [-0.05, 0) is 31.4 Å². The Bertz CT molecular complexity index is 1260. The molecule has 2 aliphatic carbocycles. The standard InChI is InChI=1S/C20H18F5N3O3/c1-7-14-12(18(30)26-19(31)28(14)9-2-3-9)11(17(22)23)13(21)15(7)27-5-8-4-20(24,25)16(29)10(8)6-27/h4,9-10,16-17,29H,2-3,5-6H2,1H3,(H,26,30,31). The molecule has 0 spiro atoms. The Morgan fingerprint density at radius 1 is 1.26 bits per heavy atom. The Balaban J connectivity index is 1.78. The minimum absolute atomic E-state index is 0.0696. The molecular weight excluding hydrogens is 425 g/mol. The molecule has 1 saturated heterocycles. The molecule has 5 rings (SSSR count). The van der Waals surface area contributed by atoms with Crippen molar-refractivity contribution in [1.29, 1.82) is 0 Å². The van der Waals surface area contributed by atoms with Crippen LogP contribution in [-0.2, 0) is 0 Å². The average molecular weight is 443 g/mol. The number of H-pyrrole nitrogens is 1. The van der Waals surface area contributed by atoms with E-state index >= 15 is 4.39 Å². The van der Waals surface area contributed by atoms with Crippen LogP contribution in [0.15, 0.2) is 21.2 Å². The van der Waals surface area contributed by atoms with E-state index in [4.69, 9.17) is 0 Å². The van der Waals surface area contributed by atoms with Gasteiger partial charge in [0.05, 0.1) is 22.2 Å². The number of alkyl halides is 4. The number of halogens is 5. The number of aryl methyl sites for hydroxylation is 1. The Morgan fingerprint density at radius 2 is 1.94 bits per heavy atom. The Morgan fingerprint density at radius 3 is 2.52 bits per heavy atom. The number of fused-ring (bicyclic) bond motifs is 2. The number of aromatic amines is 1. The zero-order chi connectivity index (χ0) is 22.4. The molecule has 6 nitrogen and oxygen atoms in total. The van der Waals surface area contributed by atoms with Gasteiger partial charge in [0.2, 0.25) is 0 Å². The molecule has 0 bridgehead atoms. The maximum Gasteiger partial charge on any atom is 0.329 e. The summed E-state index contributed by atoms with van der Waals surface area (Å²) >= 11 is 0. The average Bonchev–Trinajstić information content (AvgIpc) is 3.38. The summed E-state index contributed by atoms with van der Waals surface area (Å²) in [5.74, 6) is -5.70. The topological polar surface area (TPSA) is 78.3 Å². The third-order valence-corrected chi connectivity index (χ3v) is 6.43. The van der Waals surface area contributed by atoms with E-state index in [1.807, 2.05) is 4.98 Å². The third-order valence-electron chi connectivity index (χ3n) is 6.43. The van der Waals surface area contributed by atoms with Crippen molar-refractivity contribution in [3.8, 4) is 0 Å². The van der Waals surface area contributed by atoms with Gasteiger partial charge in [-0.25, -0.2) is 18.0 Å². The molecule has 11 heteroatoms. The molecule has 2 unspecified atom stereocenters. The van der Waals surface area contributed by atoms with Gasteiger partial charge in [-0.3, -0.25) is 14.3 Å². The number of aliphatic hydroxyl groups excluding tert-OH is 1. The minimum Gasteiger partial charge on any atom is -0.386 e. The van der Waals surface area contributed by atoms with Crippen molar-refractivity contribution in [3.63, 3.8) is 0 Å². The fourth-order valence-electron chi connectivity index (χ4n) is 4.93. The van der Waals surface area contributed by atoms with E-state index in [9.17, 15) is 32.3 Å². The first-order valence-electron chi connectivity index (χ1n) is 9.84. The van der Waals surface area contributed by atoms with E-state index in [1.54, 1.807) is 0 Å². The van der Waals surface area contributed by atoms with Crippen molar-refractivity contribution < 1.29 is 27.1 Å². The summed E-state index contributed by atoms with van der Waals surface area (Å²) in [7, 11) is 0. The Hall–Kier alpha value is -2.69. The summed E-state index contributed by atoms with van der Waals surface area (Å²) in [5, 5.41) is 9.33. The quantitative estimate of drug-likeness (QED) is 0.565. The van der Waals surface area contributed by atoms with Gasteiger partial charge in [0.1, 0.15) is 6.10 Å². The number of anilines is 1. The van der Waals surface area contributed by atoms with Gasteiger partial charge in [0, 0.05) is 30.6 Å². The van der Waals surface area contributed by atoms with E-state index in [0.29, 0.717) is 18.9 Å². The summed E-state index contributed by atoms with van der Waals surface area (Å²) in [6.45, 7) is 1.03. The molecule has 2 fully saturated rings. The molecule has 31 heavy (non-hydrogen) atoms. The highest BCUT2D eigenvalue weighted by atomic mass is 19.3. The molecule has 0 amide bonds. The van der Waals surface area contributed by atoms with Crippen LogP contribution in [-0.4, -0.2) is 39.8 Å². The summed E-state index contributed by atoms with van der Waals surface area (Å²) in [6.07, 6.45) is -3.48. The smallest absolute Gasteiger partial charge is 0.329 e. The second kappa shape index (κ2) is 6.41. The lowest BCUT2D eigenvalue weighted by atomic mass is 10.0. The molecule has 1 saturated carbocycles. The van der Waals surface area contributed by atoms with Gasteiger partial charge in [0.15, 0.2) is 5.82 Å². The third kappa shape index (κ3) is 2.78. The van der Waals surface area contributed by atoms with Gasteiger partial charge in [-0.2, -0.15) is 8.78 Å². The molecule has 1 aliphatic heterocycles. The number of hydrogen-bond donors (Lipinski definition) is 2. The van der Waals surface area contributed by atoms with E-state index in [2.05, 4.69) is 0 Å². The molecule has 0 radical (unpaired) electrons. The van der Waals surface area contributed by atoms with Crippen LogP contribution in [0.2, 0.25) is 0 Å². The highest BCUT2D eigenvalue weighted by molar-refractivity contribution is 5.91. The highest BCUT2D eigenvalue weighted by Crippen LogP contribution is 2.47. The van der Waals surface area contributed by atoms with Crippen molar-refractivity contribution >= 4 is 16.6 Å². The predicted molar refractivity (Wildman–Crippen MR) is 101 cm³/mol. The Kier molecular flexibility index (Phi) is 4.18. The zero-order valence-electron chi connectivity index (χ0n) is 16.3. The van der Waals surface area contributed by atoms with Gasteiger partial charge >= 0.3 is 5.69 Å². The first-order valence-corrected chi connectivity index (χ1v) is 9.84. The Labute approximate surface area is 171 Å². The van der Waals surface area contributed by atoms with Gasteiger partial charge in [-0.15, -0.1) is 0 Å². The van der Waals surface area contributed by atoms with Crippen LogP contribution < -0.4 is 16.1 Å². The number of aromatic nitrogens is 2. The van der Waals surface area contributed by atoms with Crippen molar-refractivity contribution in [2.75, 3.05) is 18.0 Å². The summed E-state index contributed by atoms with van der Waals surface area (Å²) in [4.78, 5) is 28.2. The first kappa shape index (κ1) is 20.2. The largest absolute Gasteiger partial charge is 0.386 e. The number of nitrogens with one attached hydrogen (secondary N) is 1. The fourth-order valence-corrected chi connectivity index (χ4v) is 4.93. The van der Waals surface area contributed by atoms with Crippen molar-refractivity contribution in [1.82, 2.24) is 9.55 Å². The lowest BCUT2D eigenvalue weighted by molar-refractivity contribution is -0.0737. The lowest BCUT2D eigenvalue weighted by Gasteiger charge is -2.27. The predicted octanol–water partition coefficient (Wildman–Crippen LogP) is 2.78. The van der Waals surface area contributed by atoms with Crippen LogP contribution in [0.25, 0.3) is 10.9 Å². The molecule has 2 heterocycles. The highest BCUT2D eigenvalue weighted by Gasteiger charge is 2.52. The van der Waals surface area contributed by atoms with Gasteiger partial charge < -0.3 is 10.0 Å². The molecular formula is C20H18F5N3O3. The minimum atomic E-state index is -3.41. The van der Waals surface area contributed by atoms with Gasteiger partial charge in [0.25, 0.3) is 17.9 Å². The SMILES string of the molecule is Cc1c(N2CC3=CC(F)(F)C(O)C3C2)c(F)c(C(F)F)c2c(=O)[nH]c(=O)n(C3CC3)c12. The van der Waals surface area contributed by atoms with E-state index in [0.717, 1.165) is 0 Å². The summed E-state index contributed by atoms with van der Waals surface area (Å²) < 4.78 is 72.0. The zero-order valence-corrected chi connectivity index (χ0v) is 16.3. The maximum absolute atomic E-state index is 15.4. The van der Waals surface area contributed by atoms with Crippen LogP contribution in [0.5, 0.6) is 0 Å². The molecule has 3 aliphatic rings. The number of rotatable bonds is 3. The molecule has 2 N–H and O–H groups in total. The number of nitrogens with zero attached hydrogens (tertiary/aromatic N) is 2. The van der Waals surface area contributed by atoms with Gasteiger partial charge in [-0.1, -0.05) is 0 Å². The molecule has 2 aromatic rings. The van der Waals surface area contributed by atoms with Crippen molar-refractivity contribution in [2.45, 2.75) is 44.3 Å². The van der Waals surface area contributed by atoms with Crippen LogP contribution in [0, 0.1) is 18.7 Å². The number of benzene rings is 1. The lowest BCUT2D eigenvalue weighted by Crippen LogP contribution is -2.36. The molecule has 1 aromatic carbocycles. The molecule has 1 aromatic heterocycles. The van der Waals surface area contributed by atoms with Crippen LogP contribution >= 0.6 is 0 Å². The van der Waals surface area contributed by atoms with E-state index in [1.165, 1.54) is 16.4 Å². The van der Waals surface area contributed by atoms with Crippen molar-refractivity contribution in [2.24, 2.45) is 5.92 Å². The van der Waals surface area contributed by atoms with Crippen LogP contribution in [0.3, 0.4) is 0 Å². The number of hydrogen-bond acceptors (Lipinski definition) is 4. The van der Waals surface area contributed by atoms with Crippen LogP contribution in [0.1, 0.15) is 36.4 Å². The monoisotopic (exact) mass is 443 g/mol. The van der Waals surface area contributed by atoms with E-state index in [-0.39, 0.29) is 41.5 Å². The summed E-state index contributed by atoms with van der Waals surface area (Å²) in [5.41, 5.74) is -3.03. The second-order valence-electron chi connectivity index (χ2n) is 8.41. The molecule has 2 atom stereocenters. The fraction of sp³-hybridized carbons (Fsp3) is 0.500. The number of aliphatic hydroxyl groups is 1. The second-order valence-corrected chi connectivity index (χ2v) is 8.41. The summed E-state index contributed by atoms with van der Waals surface area (Å²) in [6, 6.07) is -0.296. The van der Waals surface area contributed by atoms with E-state index < -0.39 is 52.4 Å². The molecule has 166 valence electrons. The normalized spacial score (nSPS) is 24.9. The van der Waals surface area contributed by atoms with Crippen molar-refractivity contribution in [3.05, 3.63) is 49.4 Å². The maximum atomic E-state index is 15.4. The van der Waals surface area contributed by atoms with Crippen LogP contribution in [0.4, 0.5) is 27.6 Å². The first-order chi connectivity index (χ1) is 14.5.